The molecule has 0 bridgehead atoms. The molecule has 4 nitrogen and oxygen atoms in total. The maximum absolute atomic E-state index is 11.8. The molecule has 1 heterocycles. The Morgan fingerprint density at radius 1 is 1.50 bits per heavy atom. The molecular weight excluding hydrogens is 206 g/mol. The number of nitrogens with zero attached hydrogens (tertiary/aromatic N) is 1. The van der Waals surface area contributed by atoms with Crippen LogP contribution >= 0.6 is 0 Å². The highest BCUT2D eigenvalue weighted by atomic mass is 16.5. The first-order valence-corrected chi connectivity index (χ1v) is 5.75. The first kappa shape index (κ1) is 13.5. The van der Waals surface area contributed by atoms with E-state index in [1.807, 2.05) is 27.7 Å². The number of amides is 1. The number of ether oxygens (including phenoxy) is 1. The van der Waals surface area contributed by atoms with Gasteiger partial charge in [-0.1, -0.05) is 13.8 Å². The molecule has 1 fully saturated rings. The Labute approximate surface area is 97.6 Å². The standard InChI is InChI=1S/C12H23NO3/c1-9(2)12(15)7-13(8-12)10(14)6-11(3,4)16-5/h9,15H,6-8H2,1-5H3. The fourth-order valence-corrected chi connectivity index (χ4v) is 1.70. The Hall–Kier alpha value is -0.610. The molecule has 0 aromatic carbocycles. The number of rotatable bonds is 4. The molecule has 1 N–H and O–H groups in total. The number of aliphatic hydroxyl groups is 1. The minimum atomic E-state index is -0.688. The average Bonchev–Trinajstić information content (AvgIpc) is 2.11. The number of likely N-dealkylation sites (tertiary alicyclic amines) is 1. The molecule has 4 heteroatoms. The van der Waals surface area contributed by atoms with Crippen LogP contribution in [-0.4, -0.2) is 47.3 Å². The second-order valence-electron chi connectivity index (χ2n) is 5.65. The van der Waals surface area contributed by atoms with E-state index >= 15 is 0 Å². The van der Waals surface area contributed by atoms with Crippen molar-refractivity contribution in [3.8, 4) is 0 Å². The largest absolute Gasteiger partial charge is 0.386 e. The lowest BCUT2D eigenvalue weighted by Crippen LogP contribution is -2.66. The molecule has 0 aromatic heterocycles. The third-order valence-electron chi connectivity index (χ3n) is 3.49. The Balaban J connectivity index is 2.44. The molecule has 0 unspecified atom stereocenters. The van der Waals surface area contributed by atoms with Crippen molar-refractivity contribution < 1.29 is 14.6 Å². The smallest absolute Gasteiger partial charge is 0.225 e. The predicted molar refractivity (Wildman–Crippen MR) is 62.1 cm³/mol. The van der Waals surface area contributed by atoms with Crippen molar-refractivity contribution >= 4 is 5.91 Å². The summed E-state index contributed by atoms with van der Waals surface area (Å²) in [6.45, 7) is 8.62. The minimum absolute atomic E-state index is 0.0529. The van der Waals surface area contributed by atoms with Crippen molar-refractivity contribution in [3.05, 3.63) is 0 Å². The van der Waals surface area contributed by atoms with Crippen molar-refractivity contribution in [1.29, 1.82) is 0 Å². The van der Waals surface area contributed by atoms with E-state index in [0.717, 1.165) is 0 Å². The molecule has 0 aliphatic carbocycles. The summed E-state index contributed by atoms with van der Waals surface area (Å²) < 4.78 is 5.22. The zero-order valence-corrected chi connectivity index (χ0v) is 10.9. The van der Waals surface area contributed by atoms with Crippen molar-refractivity contribution in [3.63, 3.8) is 0 Å². The van der Waals surface area contributed by atoms with Gasteiger partial charge in [-0.05, 0) is 19.8 Å². The van der Waals surface area contributed by atoms with Crippen LogP contribution in [0.2, 0.25) is 0 Å². The number of methoxy groups -OCH3 is 1. The van der Waals surface area contributed by atoms with Crippen LogP contribution in [0.5, 0.6) is 0 Å². The third kappa shape index (κ3) is 2.74. The van der Waals surface area contributed by atoms with E-state index in [9.17, 15) is 9.90 Å². The molecule has 0 saturated carbocycles. The van der Waals surface area contributed by atoms with Gasteiger partial charge in [-0.25, -0.2) is 0 Å². The number of hydrogen-bond acceptors (Lipinski definition) is 3. The van der Waals surface area contributed by atoms with Gasteiger partial charge in [0.15, 0.2) is 0 Å². The number of carbonyl (C=O) groups excluding carboxylic acids is 1. The first-order chi connectivity index (χ1) is 7.20. The second-order valence-corrected chi connectivity index (χ2v) is 5.65. The number of carbonyl (C=O) groups is 1. The average molecular weight is 229 g/mol. The molecular formula is C12H23NO3. The third-order valence-corrected chi connectivity index (χ3v) is 3.49. The van der Waals surface area contributed by atoms with Crippen LogP contribution in [0.4, 0.5) is 0 Å². The van der Waals surface area contributed by atoms with Gasteiger partial charge >= 0.3 is 0 Å². The van der Waals surface area contributed by atoms with Crippen LogP contribution < -0.4 is 0 Å². The van der Waals surface area contributed by atoms with E-state index in [2.05, 4.69) is 0 Å². The lowest BCUT2D eigenvalue weighted by Gasteiger charge is -2.49. The first-order valence-electron chi connectivity index (χ1n) is 5.75. The zero-order chi connectivity index (χ0) is 12.6. The van der Waals surface area contributed by atoms with Crippen LogP contribution in [0, 0.1) is 5.92 Å². The van der Waals surface area contributed by atoms with Gasteiger partial charge < -0.3 is 14.7 Å². The molecule has 0 radical (unpaired) electrons. The molecule has 94 valence electrons. The molecule has 1 saturated heterocycles. The van der Waals surface area contributed by atoms with Crippen LogP contribution in [0.1, 0.15) is 34.1 Å². The van der Waals surface area contributed by atoms with Gasteiger partial charge in [0.05, 0.1) is 25.1 Å². The number of β-amino-alcohol motifs (C(OH)–C–C–N with tert-alkyl or cyclic N) is 1. The van der Waals surface area contributed by atoms with Crippen LogP contribution in [-0.2, 0) is 9.53 Å². The fourth-order valence-electron chi connectivity index (χ4n) is 1.70. The maximum Gasteiger partial charge on any atom is 0.225 e. The van der Waals surface area contributed by atoms with Crippen molar-refractivity contribution in [2.45, 2.75) is 45.3 Å². The Morgan fingerprint density at radius 2 is 2.00 bits per heavy atom. The Bertz CT molecular complexity index is 267. The summed E-state index contributed by atoms with van der Waals surface area (Å²) in [6, 6.07) is 0. The summed E-state index contributed by atoms with van der Waals surface area (Å²) in [5.41, 5.74) is -1.12. The molecule has 1 aliphatic rings. The van der Waals surface area contributed by atoms with Gasteiger partial charge in [-0.2, -0.15) is 0 Å². The van der Waals surface area contributed by atoms with Crippen molar-refractivity contribution in [1.82, 2.24) is 4.90 Å². The second kappa shape index (κ2) is 4.34. The van der Waals surface area contributed by atoms with E-state index in [-0.39, 0.29) is 11.8 Å². The molecule has 1 rings (SSSR count). The monoisotopic (exact) mass is 229 g/mol. The van der Waals surface area contributed by atoms with Crippen LogP contribution in [0.3, 0.4) is 0 Å². The van der Waals surface area contributed by atoms with E-state index in [1.54, 1.807) is 12.0 Å². The predicted octanol–water partition coefficient (Wildman–Crippen LogP) is 1.03. The summed E-state index contributed by atoms with van der Waals surface area (Å²) in [5, 5.41) is 10.0. The normalized spacial score (nSPS) is 19.8. The SMILES string of the molecule is COC(C)(C)CC(=O)N1CC(O)(C(C)C)C1. The quantitative estimate of drug-likeness (QED) is 0.783. The lowest BCUT2D eigenvalue weighted by atomic mass is 9.82. The van der Waals surface area contributed by atoms with Gasteiger partial charge in [0.25, 0.3) is 0 Å². The molecule has 1 amide bonds. The summed E-state index contributed by atoms with van der Waals surface area (Å²) in [6.07, 6.45) is 0.359. The van der Waals surface area contributed by atoms with Gasteiger partial charge in [-0.3, -0.25) is 4.79 Å². The van der Waals surface area contributed by atoms with E-state index in [1.165, 1.54) is 0 Å². The number of hydrogen-bond donors (Lipinski definition) is 1. The van der Waals surface area contributed by atoms with Crippen LogP contribution in [0.25, 0.3) is 0 Å². The summed E-state index contributed by atoms with van der Waals surface area (Å²) in [4.78, 5) is 13.5. The zero-order valence-electron chi connectivity index (χ0n) is 10.9. The summed E-state index contributed by atoms with van der Waals surface area (Å²) >= 11 is 0. The van der Waals surface area contributed by atoms with Gasteiger partial charge in [0, 0.05) is 7.11 Å². The molecule has 1 aliphatic heterocycles. The van der Waals surface area contributed by atoms with Gasteiger partial charge in [-0.15, -0.1) is 0 Å². The lowest BCUT2D eigenvalue weighted by molar-refractivity contribution is -0.167. The molecule has 0 atom stereocenters. The summed E-state index contributed by atoms with van der Waals surface area (Å²) in [7, 11) is 1.61. The molecule has 0 spiro atoms. The minimum Gasteiger partial charge on any atom is -0.386 e. The Morgan fingerprint density at radius 3 is 2.38 bits per heavy atom. The summed E-state index contributed by atoms with van der Waals surface area (Å²) in [5.74, 6) is 0.240. The van der Waals surface area contributed by atoms with Crippen LogP contribution in [0.15, 0.2) is 0 Å². The van der Waals surface area contributed by atoms with E-state index in [4.69, 9.17) is 4.74 Å². The fraction of sp³-hybridized carbons (Fsp3) is 0.917. The Kier molecular flexibility index (Phi) is 3.65. The highest BCUT2D eigenvalue weighted by molar-refractivity contribution is 5.78. The molecule has 0 aromatic rings. The van der Waals surface area contributed by atoms with Gasteiger partial charge in [0.1, 0.15) is 5.60 Å². The van der Waals surface area contributed by atoms with Crippen molar-refractivity contribution in [2.24, 2.45) is 5.92 Å². The van der Waals surface area contributed by atoms with Gasteiger partial charge in [0.2, 0.25) is 5.91 Å². The van der Waals surface area contributed by atoms with Crippen molar-refractivity contribution in [2.75, 3.05) is 20.2 Å². The highest BCUT2D eigenvalue weighted by Crippen LogP contribution is 2.30. The highest BCUT2D eigenvalue weighted by Gasteiger charge is 2.46. The topological polar surface area (TPSA) is 49.8 Å². The molecule has 16 heavy (non-hydrogen) atoms. The maximum atomic E-state index is 11.8. The van der Waals surface area contributed by atoms with E-state index < -0.39 is 11.2 Å². The van der Waals surface area contributed by atoms with E-state index in [0.29, 0.717) is 19.5 Å².